The normalized spacial score (nSPS) is 21.7. The van der Waals surface area contributed by atoms with Gasteiger partial charge in [0.2, 0.25) is 11.9 Å². The second kappa shape index (κ2) is 6.53. The number of fused-ring (bicyclic) bond motifs is 2. The van der Waals surface area contributed by atoms with E-state index in [0.29, 0.717) is 0 Å². The van der Waals surface area contributed by atoms with Gasteiger partial charge in [-0.3, -0.25) is 14.9 Å². The Morgan fingerprint density at radius 1 is 1.28 bits per heavy atom. The highest BCUT2D eigenvalue weighted by atomic mass is 19.3. The average Bonchev–Trinajstić information content (AvgIpc) is 3.21. The zero-order chi connectivity index (χ0) is 21.0. The van der Waals surface area contributed by atoms with Gasteiger partial charge in [0.25, 0.3) is 11.8 Å². The zero-order valence-corrected chi connectivity index (χ0v) is 15.2. The predicted octanol–water partition coefficient (Wildman–Crippen LogP) is 1.50. The highest BCUT2D eigenvalue weighted by molar-refractivity contribution is 6.52. The number of anilines is 1. The lowest BCUT2D eigenvalue weighted by Crippen LogP contribution is -2.49. The first-order valence-electron chi connectivity index (χ1n) is 8.75. The molecule has 1 aromatic heterocycles. The molecule has 1 aromatic carbocycles. The molecule has 2 heterocycles. The predicted molar refractivity (Wildman–Crippen MR) is 95.4 cm³/mol. The minimum atomic E-state index is -3.19. The minimum Gasteiger partial charge on any atom is -0.328 e. The Bertz CT molecular complexity index is 1020. The monoisotopic (exact) mass is 405 g/mol. The molecule has 11 heteroatoms. The summed E-state index contributed by atoms with van der Waals surface area (Å²) in [6, 6.07) is 2.65. The van der Waals surface area contributed by atoms with Crippen molar-refractivity contribution in [2.24, 2.45) is 0 Å². The third kappa shape index (κ3) is 3.04. The maximum atomic E-state index is 14.9. The highest BCUT2D eigenvalue weighted by Crippen LogP contribution is 2.64. The third-order valence-electron chi connectivity index (χ3n) is 5.24. The van der Waals surface area contributed by atoms with Crippen molar-refractivity contribution < 1.29 is 27.2 Å². The molecule has 1 saturated carbocycles. The van der Waals surface area contributed by atoms with Gasteiger partial charge in [-0.25, -0.2) is 27.5 Å². The Labute approximate surface area is 163 Å². The Morgan fingerprint density at radius 2 is 1.93 bits per heavy atom. The van der Waals surface area contributed by atoms with Crippen LogP contribution in [0.15, 0.2) is 24.5 Å². The lowest BCUT2D eigenvalue weighted by atomic mass is 9.70. The van der Waals surface area contributed by atoms with Crippen LogP contribution in [-0.4, -0.2) is 53.0 Å². The molecule has 149 valence electrons. The standard InChI is InChI=1S/C18H14BF4N4O2/c1-19-11-3-2-10-13(14(11)21)17(7-18(17,22)23)8-27(15(10)29)6-12(28)26-16-24-4-9(20)5-25-16/h2-5H,6-8H2,1H3,(H,24,25,26,28). The van der Waals surface area contributed by atoms with Crippen molar-refractivity contribution in [3.63, 3.8) is 0 Å². The molecule has 1 N–H and O–H groups in total. The first-order chi connectivity index (χ1) is 13.7. The molecule has 2 aromatic rings. The molecule has 1 unspecified atom stereocenters. The van der Waals surface area contributed by atoms with Gasteiger partial charge in [0.1, 0.15) is 12.4 Å². The molecule has 1 radical (unpaired) electrons. The van der Waals surface area contributed by atoms with Crippen LogP contribution in [-0.2, 0) is 10.2 Å². The summed E-state index contributed by atoms with van der Waals surface area (Å²) >= 11 is 0. The highest BCUT2D eigenvalue weighted by Gasteiger charge is 2.75. The summed E-state index contributed by atoms with van der Waals surface area (Å²) in [5, 5.41) is 2.27. The molecule has 6 nitrogen and oxygen atoms in total. The maximum absolute atomic E-state index is 14.9. The second-order valence-electron chi connectivity index (χ2n) is 7.08. The van der Waals surface area contributed by atoms with Crippen LogP contribution in [0.4, 0.5) is 23.5 Å². The summed E-state index contributed by atoms with van der Waals surface area (Å²) in [5.74, 6) is -6.38. The lowest BCUT2D eigenvalue weighted by molar-refractivity contribution is -0.117. The topological polar surface area (TPSA) is 75.2 Å². The van der Waals surface area contributed by atoms with Crippen LogP contribution in [0.1, 0.15) is 22.3 Å². The van der Waals surface area contributed by atoms with Crippen LogP contribution in [0.3, 0.4) is 0 Å². The van der Waals surface area contributed by atoms with E-state index in [-0.39, 0.29) is 22.5 Å². The first-order valence-corrected chi connectivity index (χ1v) is 8.75. The van der Waals surface area contributed by atoms with Gasteiger partial charge in [0.05, 0.1) is 17.8 Å². The largest absolute Gasteiger partial charge is 0.328 e. The van der Waals surface area contributed by atoms with E-state index < -0.39 is 54.3 Å². The van der Waals surface area contributed by atoms with Gasteiger partial charge in [0.15, 0.2) is 13.1 Å². The Hall–Kier alpha value is -2.98. The van der Waals surface area contributed by atoms with Crippen molar-refractivity contribution in [1.29, 1.82) is 0 Å². The van der Waals surface area contributed by atoms with Crippen molar-refractivity contribution >= 4 is 30.5 Å². The summed E-state index contributed by atoms with van der Waals surface area (Å²) in [4.78, 5) is 33.1. The van der Waals surface area contributed by atoms with E-state index in [2.05, 4.69) is 15.3 Å². The van der Waals surface area contributed by atoms with Crippen molar-refractivity contribution in [3.05, 3.63) is 47.3 Å². The van der Waals surface area contributed by atoms with E-state index in [0.717, 1.165) is 17.3 Å². The van der Waals surface area contributed by atoms with Crippen LogP contribution >= 0.6 is 0 Å². The number of benzene rings is 1. The van der Waals surface area contributed by atoms with E-state index in [4.69, 9.17) is 0 Å². The van der Waals surface area contributed by atoms with Crippen LogP contribution in [0.25, 0.3) is 0 Å². The molecule has 1 fully saturated rings. The Kier molecular flexibility index (Phi) is 4.36. The zero-order valence-electron chi connectivity index (χ0n) is 15.2. The summed E-state index contributed by atoms with van der Waals surface area (Å²) in [7, 11) is 1.44. The molecule has 0 bridgehead atoms. The number of aromatic nitrogens is 2. The number of carbonyl (C=O) groups is 2. The molecule has 2 aliphatic rings. The van der Waals surface area contributed by atoms with E-state index in [9.17, 15) is 27.2 Å². The lowest BCUT2D eigenvalue weighted by Gasteiger charge is -2.35. The van der Waals surface area contributed by atoms with E-state index in [1.54, 1.807) is 6.82 Å². The van der Waals surface area contributed by atoms with Gasteiger partial charge in [-0.15, -0.1) is 0 Å². The van der Waals surface area contributed by atoms with Gasteiger partial charge in [-0.05, 0) is 6.07 Å². The van der Waals surface area contributed by atoms with Crippen LogP contribution < -0.4 is 10.8 Å². The maximum Gasteiger partial charge on any atom is 0.260 e. The van der Waals surface area contributed by atoms with Gasteiger partial charge >= 0.3 is 0 Å². The van der Waals surface area contributed by atoms with Gasteiger partial charge in [-0.1, -0.05) is 18.4 Å². The number of alkyl halides is 2. The summed E-state index contributed by atoms with van der Waals surface area (Å²) in [6.45, 7) is 0.523. The number of hydrogen-bond donors (Lipinski definition) is 1. The Balaban J connectivity index is 1.62. The SMILES string of the molecule is C[B]c1ccc2c(c1F)C1(CN(CC(=O)Nc3ncc(F)cn3)C2=O)CC1(F)F. The molecule has 1 aliphatic carbocycles. The fraction of sp³-hybridized carbons (Fsp3) is 0.333. The number of nitrogens with zero attached hydrogens (tertiary/aromatic N) is 3. The molecule has 4 rings (SSSR count). The van der Waals surface area contributed by atoms with Crippen LogP contribution in [0, 0.1) is 11.6 Å². The molecule has 1 aliphatic heterocycles. The molecule has 29 heavy (non-hydrogen) atoms. The third-order valence-corrected chi connectivity index (χ3v) is 5.24. The first kappa shape index (κ1) is 19.3. The summed E-state index contributed by atoms with van der Waals surface area (Å²) in [6.07, 6.45) is 1.08. The van der Waals surface area contributed by atoms with E-state index in [1.165, 1.54) is 19.4 Å². The van der Waals surface area contributed by atoms with Crippen molar-refractivity contribution in [1.82, 2.24) is 14.9 Å². The number of hydrogen-bond acceptors (Lipinski definition) is 4. The van der Waals surface area contributed by atoms with E-state index >= 15 is 0 Å². The summed E-state index contributed by atoms with van der Waals surface area (Å²) in [5.41, 5.74) is -2.19. The number of halogens is 4. The van der Waals surface area contributed by atoms with Gasteiger partial charge < -0.3 is 4.90 Å². The van der Waals surface area contributed by atoms with Crippen molar-refractivity contribution in [2.45, 2.75) is 24.6 Å². The minimum absolute atomic E-state index is 0.137. The van der Waals surface area contributed by atoms with Gasteiger partial charge in [0, 0.05) is 24.1 Å². The average molecular weight is 405 g/mol. The summed E-state index contributed by atoms with van der Waals surface area (Å²) < 4.78 is 56.3. The van der Waals surface area contributed by atoms with Crippen LogP contribution in [0.5, 0.6) is 0 Å². The van der Waals surface area contributed by atoms with Crippen molar-refractivity contribution in [2.75, 3.05) is 18.4 Å². The molecule has 2 amide bonds. The number of rotatable bonds is 4. The molecule has 1 spiro atoms. The van der Waals surface area contributed by atoms with E-state index in [1.807, 2.05) is 0 Å². The van der Waals surface area contributed by atoms with Crippen molar-refractivity contribution in [3.8, 4) is 0 Å². The van der Waals surface area contributed by atoms with Gasteiger partial charge in [-0.2, -0.15) is 0 Å². The molecular formula is C18H14BF4N4O2. The second-order valence-corrected chi connectivity index (χ2v) is 7.08. The van der Waals surface area contributed by atoms with Crippen LogP contribution in [0.2, 0.25) is 6.82 Å². The smallest absolute Gasteiger partial charge is 0.260 e. The number of carbonyl (C=O) groups excluding carboxylic acids is 2. The molecule has 0 saturated heterocycles. The quantitative estimate of drug-likeness (QED) is 0.618. The Morgan fingerprint density at radius 3 is 2.52 bits per heavy atom. The fourth-order valence-corrected chi connectivity index (χ4v) is 3.73. The fourth-order valence-electron chi connectivity index (χ4n) is 3.73. The molecule has 1 atom stereocenters. The number of nitrogens with one attached hydrogen (secondary N) is 1. The molecular weight excluding hydrogens is 391 g/mol. The number of amides is 2.